The first-order chi connectivity index (χ1) is 11.2. The first-order valence-electron chi connectivity index (χ1n) is 8.11. The third kappa shape index (κ3) is 5.40. The lowest BCUT2D eigenvalue weighted by atomic mass is 10.2. The van der Waals surface area contributed by atoms with Crippen LogP contribution in [-0.2, 0) is 0 Å². The van der Waals surface area contributed by atoms with Gasteiger partial charge < -0.3 is 9.47 Å². The maximum Gasteiger partial charge on any atom is 0.122 e. The second-order valence-corrected chi connectivity index (χ2v) is 5.34. The molecule has 0 aliphatic heterocycles. The molecule has 0 aliphatic carbocycles. The molecular formula is C19H24N2O2. The molecule has 0 amide bonds. The third-order valence-electron chi connectivity index (χ3n) is 3.21. The van der Waals surface area contributed by atoms with Crippen molar-refractivity contribution >= 4 is 11.4 Å². The molecule has 0 unspecified atom stereocenters. The first-order valence-corrected chi connectivity index (χ1v) is 8.11. The van der Waals surface area contributed by atoms with Crippen LogP contribution in [0.4, 0.5) is 11.4 Å². The van der Waals surface area contributed by atoms with E-state index in [1.165, 1.54) is 0 Å². The van der Waals surface area contributed by atoms with Gasteiger partial charge >= 0.3 is 0 Å². The molecule has 0 spiro atoms. The van der Waals surface area contributed by atoms with E-state index in [1.54, 1.807) is 0 Å². The van der Waals surface area contributed by atoms with Gasteiger partial charge in [-0.1, -0.05) is 13.8 Å². The lowest BCUT2D eigenvalue weighted by molar-refractivity contribution is 0.315. The van der Waals surface area contributed by atoms with Crippen molar-refractivity contribution in [2.45, 2.75) is 33.6 Å². The molecule has 2 aromatic rings. The summed E-state index contributed by atoms with van der Waals surface area (Å²) in [5.41, 5.74) is 2.69. The largest absolute Gasteiger partial charge is 0.494 e. The fraction of sp³-hybridized carbons (Fsp3) is 0.368. The van der Waals surface area contributed by atoms with Crippen molar-refractivity contribution < 1.29 is 9.47 Å². The number of nitrogens with zero attached hydrogens (tertiary/aromatic N) is 2. The van der Waals surface area contributed by atoms with Gasteiger partial charge in [-0.25, -0.2) is 0 Å². The van der Waals surface area contributed by atoms with Crippen molar-refractivity contribution in [2.75, 3.05) is 13.2 Å². The van der Waals surface area contributed by atoms with Gasteiger partial charge in [0.25, 0.3) is 0 Å². The Hall–Kier alpha value is -2.36. The normalized spacial score (nSPS) is 10.9. The van der Waals surface area contributed by atoms with Gasteiger partial charge in [0.1, 0.15) is 11.5 Å². The van der Waals surface area contributed by atoms with Crippen LogP contribution in [0.1, 0.15) is 32.3 Å². The number of ether oxygens (including phenoxy) is 2. The van der Waals surface area contributed by atoms with E-state index in [-0.39, 0.29) is 0 Å². The van der Waals surface area contributed by atoms with Crippen molar-refractivity contribution in [1.82, 2.24) is 0 Å². The van der Waals surface area contributed by atoms with Crippen LogP contribution in [-0.4, -0.2) is 13.2 Å². The number of hydrogen-bond donors (Lipinski definition) is 0. The molecule has 0 aromatic heterocycles. The number of hydrogen-bond acceptors (Lipinski definition) is 4. The van der Waals surface area contributed by atoms with Crippen LogP contribution in [0, 0.1) is 6.92 Å². The second kappa shape index (κ2) is 8.93. The summed E-state index contributed by atoms with van der Waals surface area (Å²) < 4.78 is 11.2. The molecule has 2 aromatic carbocycles. The van der Waals surface area contributed by atoms with Gasteiger partial charge in [-0.3, -0.25) is 0 Å². The zero-order valence-corrected chi connectivity index (χ0v) is 14.1. The minimum Gasteiger partial charge on any atom is -0.494 e. The highest BCUT2D eigenvalue weighted by Gasteiger charge is 2.01. The molecule has 0 atom stereocenters. The Morgan fingerprint density at radius 1 is 0.783 bits per heavy atom. The number of aryl methyl sites for hydroxylation is 1. The van der Waals surface area contributed by atoms with E-state index in [9.17, 15) is 0 Å². The number of azo groups is 1. The van der Waals surface area contributed by atoms with Crippen molar-refractivity contribution in [3.05, 3.63) is 48.0 Å². The van der Waals surface area contributed by atoms with Crippen LogP contribution in [0.5, 0.6) is 11.5 Å². The maximum absolute atomic E-state index is 5.66. The van der Waals surface area contributed by atoms with Gasteiger partial charge in [-0.15, -0.1) is 0 Å². The van der Waals surface area contributed by atoms with Gasteiger partial charge in [0.15, 0.2) is 0 Å². The molecule has 0 bridgehead atoms. The Labute approximate surface area is 138 Å². The summed E-state index contributed by atoms with van der Waals surface area (Å²) in [4.78, 5) is 0. The van der Waals surface area contributed by atoms with Gasteiger partial charge in [-0.2, -0.15) is 10.2 Å². The highest BCUT2D eigenvalue weighted by Crippen LogP contribution is 2.26. The molecule has 2 rings (SSSR count). The minimum absolute atomic E-state index is 0.729. The number of rotatable bonds is 8. The summed E-state index contributed by atoms with van der Waals surface area (Å²) in [5, 5.41) is 8.54. The van der Waals surface area contributed by atoms with Crippen LogP contribution in [0.3, 0.4) is 0 Å². The molecule has 0 saturated carbocycles. The van der Waals surface area contributed by atoms with E-state index in [0.29, 0.717) is 0 Å². The summed E-state index contributed by atoms with van der Waals surface area (Å²) in [5.74, 6) is 1.77. The summed E-state index contributed by atoms with van der Waals surface area (Å²) in [6.07, 6.45) is 2.00. The van der Waals surface area contributed by atoms with Gasteiger partial charge in [-0.05, 0) is 67.8 Å². The van der Waals surface area contributed by atoms with Crippen LogP contribution in [0.25, 0.3) is 0 Å². The minimum atomic E-state index is 0.729. The molecule has 122 valence electrons. The lowest BCUT2D eigenvalue weighted by Gasteiger charge is -2.07. The maximum atomic E-state index is 5.66. The van der Waals surface area contributed by atoms with Gasteiger partial charge in [0.2, 0.25) is 0 Å². The van der Waals surface area contributed by atoms with E-state index >= 15 is 0 Å². The second-order valence-electron chi connectivity index (χ2n) is 5.34. The Bertz CT molecular complexity index is 636. The first kappa shape index (κ1) is 17.0. The predicted octanol–water partition coefficient (Wildman–Crippen LogP) is 5.99. The molecule has 0 fully saturated rings. The van der Waals surface area contributed by atoms with E-state index in [0.717, 1.165) is 54.5 Å². The summed E-state index contributed by atoms with van der Waals surface area (Å²) >= 11 is 0. The smallest absolute Gasteiger partial charge is 0.122 e. The van der Waals surface area contributed by atoms with E-state index in [2.05, 4.69) is 24.1 Å². The quantitative estimate of drug-likeness (QED) is 0.562. The topological polar surface area (TPSA) is 43.2 Å². The van der Waals surface area contributed by atoms with Gasteiger partial charge in [0.05, 0.1) is 24.6 Å². The average Bonchev–Trinajstić information content (AvgIpc) is 2.58. The predicted molar refractivity (Wildman–Crippen MR) is 93.4 cm³/mol. The fourth-order valence-corrected chi connectivity index (χ4v) is 2.01. The molecule has 0 saturated heterocycles. The standard InChI is InChI=1S/C19H24N2O2/c1-4-12-22-18-9-6-16(7-10-18)20-21-17-8-11-19(15(3)14-17)23-13-5-2/h6-11,14H,4-5,12-13H2,1-3H3. The Balaban J connectivity index is 2.00. The van der Waals surface area contributed by atoms with Crippen molar-refractivity contribution in [2.24, 2.45) is 10.2 Å². The van der Waals surface area contributed by atoms with Crippen molar-refractivity contribution in [1.29, 1.82) is 0 Å². The third-order valence-corrected chi connectivity index (χ3v) is 3.21. The molecule has 4 heteroatoms. The Morgan fingerprint density at radius 3 is 2.04 bits per heavy atom. The van der Waals surface area contributed by atoms with Gasteiger partial charge in [0, 0.05) is 0 Å². The zero-order chi connectivity index (χ0) is 16.5. The van der Waals surface area contributed by atoms with Crippen LogP contribution in [0.2, 0.25) is 0 Å². The summed E-state index contributed by atoms with van der Waals surface area (Å²) in [6.45, 7) is 7.66. The lowest BCUT2D eigenvalue weighted by Crippen LogP contribution is -1.96. The molecule has 0 aliphatic rings. The van der Waals surface area contributed by atoms with Crippen molar-refractivity contribution in [3.63, 3.8) is 0 Å². The van der Waals surface area contributed by atoms with E-state index in [1.807, 2.05) is 49.4 Å². The monoisotopic (exact) mass is 312 g/mol. The molecule has 0 N–H and O–H groups in total. The molecule has 0 heterocycles. The molecule has 23 heavy (non-hydrogen) atoms. The SMILES string of the molecule is CCCOc1ccc(N=Nc2ccc(OCCC)c(C)c2)cc1. The summed E-state index contributed by atoms with van der Waals surface area (Å²) in [6, 6.07) is 13.5. The zero-order valence-electron chi connectivity index (χ0n) is 14.1. The average molecular weight is 312 g/mol. The molecule has 4 nitrogen and oxygen atoms in total. The Morgan fingerprint density at radius 2 is 1.39 bits per heavy atom. The fourth-order valence-electron chi connectivity index (χ4n) is 2.01. The van der Waals surface area contributed by atoms with Crippen LogP contribution in [0.15, 0.2) is 52.7 Å². The Kier molecular flexibility index (Phi) is 6.60. The summed E-state index contributed by atoms with van der Waals surface area (Å²) in [7, 11) is 0. The highest BCUT2D eigenvalue weighted by atomic mass is 16.5. The van der Waals surface area contributed by atoms with Crippen LogP contribution >= 0.6 is 0 Å². The van der Waals surface area contributed by atoms with E-state index < -0.39 is 0 Å². The number of benzene rings is 2. The highest BCUT2D eigenvalue weighted by molar-refractivity contribution is 5.47. The van der Waals surface area contributed by atoms with Crippen molar-refractivity contribution in [3.8, 4) is 11.5 Å². The molecular weight excluding hydrogens is 288 g/mol. The molecule has 0 radical (unpaired) electrons. The van der Waals surface area contributed by atoms with Crippen LogP contribution < -0.4 is 9.47 Å². The van der Waals surface area contributed by atoms with E-state index in [4.69, 9.17) is 9.47 Å².